The molecule has 0 spiro atoms. The van der Waals surface area contributed by atoms with E-state index in [1.807, 2.05) is 65.6 Å². The van der Waals surface area contributed by atoms with Crippen LogP contribution in [0.4, 0.5) is 17.6 Å². The molecule has 0 amide bonds. The summed E-state index contributed by atoms with van der Waals surface area (Å²) in [6.07, 6.45) is -3.31. The number of halogens is 5. The summed E-state index contributed by atoms with van der Waals surface area (Å²) in [5.74, 6) is -1.06. The second kappa shape index (κ2) is 15.9. The highest BCUT2D eigenvalue weighted by Gasteiger charge is 2.34. The van der Waals surface area contributed by atoms with Gasteiger partial charge in [-0.3, -0.25) is 4.90 Å². The van der Waals surface area contributed by atoms with Gasteiger partial charge in [0.25, 0.3) is 0 Å². The highest BCUT2D eigenvalue weighted by atomic mass is 35.5. The van der Waals surface area contributed by atoms with Crippen LogP contribution in [0.2, 0.25) is 5.02 Å². The molecule has 0 unspecified atom stereocenters. The Balaban J connectivity index is 1.58. The predicted octanol–water partition coefficient (Wildman–Crippen LogP) is 8.53. The molecule has 0 saturated heterocycles. The molecule has 0 radical (unpaired) electrons. The molecule has 0 aliphatic carbocycles. The van der Waals surface area contributed by atoms with Crippen LogP contribution in [0.1, 0.15) is 53.5 Å². The van der Waals surface area contributed by atoms with E-state index in [1.165, 1.54) is 19.1 Å². The summed E-state index contributed by atoms with van der Waals surface area (Å²) in [5.41, 5.74) is 1.42. The van der Waals surface area contributed by atoms with E-state index in [1.54, 1.807) is 6.07 Å². The number of sulfone groups is 1. The van der Waals surface area contributed by atoms with E-state index in [4.69, 9.17) is 16.3 Å². The van der Waals surface area contributed by atoms with Crippen molar-refractivity contribution in [3.63, 3.8) is 0 Å². The molecular weight excluding hydrogens is 654 g/mol. The van der Waals surface area contributed by atoms with Crippen LogP contribution >= 0.6 is 11.6 Å². The molecule has 47 heavy (non-hydrogen) atoms. The smallest absolute Gasteiger partial charge is 0.417 e. The summed E-state index contributed by atoms with van der Waals surface area (Å²) >= 11 is 6.29. The lowest BCUT2D eigenvalue weighted by Gasteiger charge is -2.29. The summed E-state index contributed by atoms with van der Waals surface area (Å²) in [6.45, 7) is 2.36. The SMILES string of the molecule is CC(=O)CCc1c(F)cc(OCCCN(Cc2cccc(C(F)(F)F)c2Cl)CC(c2ccccc2)c2ccccc2)cc1S(C)(=O)=O. The van der Waals surface area contributed by atoms with Crippen molar-refractivity contribution >= 4 is 27.2 Å². The van der Waals surface area contributed by atoms with Crippen LogP contribution in [-0.2, 0) is 33.8 Å². The zero-order valence-corrected chi connectivity index (χ0v) is 27.6. The molecule has 0 aliphatic rings. The molecule has 250 valence electrons. The Morgan fingerprint density at radius 1 is 0.936 bits per heavy atom. The van der Waals surface area contributed by atoms with Crippen molar-refractivity contribution in [2.24, 2.45) is 0 Å². The second-order valence-electron chi connectivity index (χ2n) is 11.4. The fourth-order valence-corrected chi connectivity index (χ4v) is 6.72. The van der Waals surface area contributed by atoms with E-state index < -0.39 is 27.4 Å². The lowest BCUT2D eigenvalue weighted by Crippen LogP contribution is -2.31. The Morgan fingerprint density at radius 2 is 1.55 bits per heavy atom. The van der Waals surface area contributed by atoms with Crippen molar-refractivity contribution in [2.75, 3.05) is 26.0 Å². The van der Waals surface area contributed by atoms with E-state index in [9.17, 15) is 26.4 Å². The van der Waals surface area contributed by atoms with Crippen molar-refractivity contribution in [3.8, 4) is 5.75 Å². The third-order valence-electron chi connectivity index (χ3n) is 7.76. The van der Waals surface area contributed by atoms with Gasteiger partial charge in [-0.2, -0.15) is 13.2 Å². The van der Waals surface area contributed by atoms with Gasteiger partial charge in [0.05, 0.1) is 22.1 Å². The first-order valence-corrected chi connectivity index (χ1v) is 17.3. The van der Waals surface area contributed by atoms with Crippen LogP contribution in [0.15, 0.2) is 95.9 Å². The van der Waals surface area contributed by atoms with Gasteiger partial charge in [0, 0.05) is 49.9 Å². The highest BCUT2D eigenvalue weighted by molar-refractivity contribution is 7.90. The zero-order chi connectivity index (χ0) is 34.2. The number of benzene rings is 4. The maximum Gasteiger partial charge on any atom is 0.417 e. The third-order valence-corrected chi connectivity index (χ3v) is 9.37. The first kappa shape index (κ1) is 36.1. The number of Topliss-reactive ketones (excluding diaryl/α,β-unsaturated/α-hetero) is 1. The number of nitrogens with zero attached hydrogens (tertiary/aromatic N) is 1. The molecular formula is C36H36ClF4NO4S. The number of ketones is 1. The summed E-state index contributed by atoms with van der Waals surface area (Å²) in [6, 6.07) is 25.8. The number of carbonyl (C=O) groups is 1. The standard InChI is InChI=1S/C36H36ClF4NO4S/c1-25(43)17-18-30-33(38)21-29(22-34(30)47(2,44)45)46-20-10-19-42(23-28-15-9-16-32(35(28)37)36(39,40)41)24-31(26-11-5-3-6-12-26)27-13-7-4-8-14-27/h3-9,11-16,21-22,31H,10,17-20,23-24H2,1-2H3. The van der Waals surface area contributed by atoms with Gasteiger partial charge in [-0.15, -0.1) is 0 Å². The van der Waals surface area contributed by atoms with Gasteiger partial charge in [-0.25, -0.2) is 12.8 Å². The Kier molecular flexibility index (Phi) is 12.2. The van der Waals surface area contributed by atoms with Crippen LogP contribution in [0.5, 0.6) is 5.75 Å². The number of ether oxygens (including phenoxy) is 1. The van der Waals surface area contributed by atoms with Crippen molar-refractivity contribution in [2.45, 2.75) is 49.7 Å². The summed E-state index contributed by atoms with van der Waals surface area (Å²) in [7, 11) is -3.82. The van der Waals surface area contributed by atoms with E-state index in [0.29, 0.717) is 25.1 Å². The van der Waals surface area contributed by atoms with E-state index in [0.717, 1.165) is 29.5 Å². The zero-order valence-electron chi connectivity index (χ0n) is 26.1. The normalized spacial score (nSPS) is 12.1. The minimum Gasteiger partial charge on any atom is -0.493 e. The quantitative estimate of drug-likeness (QED) is 0.0925. The maximum absolute atomic E-state index is 15.0. The van der Waals surface area contributed by atoms with Crippen molar-refractivity contribution in [1.82, 2.24) is 4.90 Å². The third kappa shape index (κ3) is 10.1. The number of hydrogen-bond donors (Lipinski definition) is 0. The van der Waals surface area contributed by atoms with Gasteiger partial charge in [-0.1, -0.05) is 84.4 Å². The Bertz CT molecular complexity index is 1730. The van der Waals surface area contributed by atoms with Crippen LogP contribution < -0.4 is 4.74 Å². The van der Waals surface area contributed by atoms with Crippen molar-refractivity contribution in [1.29, 1.82) is 0 Å². The minimum absolute atomic E-state index is 0.00166. The largest absolute Gasteiger partial charge is 0.493 e. The Labute approximate surface area is 278 Å². The van der Waals surface area contributed by atoms with Crippen LogP contribution in [-0.4, -0.2) is 45.1 Å². The van der Waals surface area contributed by atoms with Crippen LogP contribution in [0.25, 0.3) is 0 Å². The second-order valence-corrected chi connectivity index (χ2v) is 13.8. The maximum atomic E-state index is 15.0. The molecule has 0 fully saturated rings. The first-order chi connectivity index (χ1) is 22.2. The fourth-order valence-electron chi connectivity index (χ4n) is 5.45. The molecule has 5 nitrogen and oxygen atoms in total. The monoisotopic (exact) mass is 689 g/mol. The molecule has 0 aromatic heterocycles. The average molecular weight is 690 g/mol. The molecule has 0 aliphatic heterocycles. The van der Waals surface area contributed by atoms with Gasteiger partial charge < -0.3 is 9.53 Å². The predicted molar refractivity (Wildman–Crippen MR) is 175 cm³/mol. The number of carbonyl (C=O) groups excluding carboxylic acids is 1. The summed E-state index contributed by atoms with van der Waals surface area (Å²) in [5, 5.41) is -0.356. The number of rotatable bonds is 15. The van der Waals surface area contributed by atoms with E-state index >= 15 is 4.39 Å². The van der Waals surface area contributed by atoms with E-state index in [2.05, 4.69) is 0 Å². The lowest BCUT2D eigenvalue weighted by atomic mass is 9.90. The number of alkyl halides is 3. The summed E-state index contributed by atoms with van der Waals surface area (Å²) in [4.78, 5) is 13.2. The van der Waals surface area contributed by atoms with Crippen molar-refractivity contribution < 1.29 is 35.5 Å². The van der Waals surface area contributed by atoms with Gasteiger partial charge >= 0.3 is 6.18 Å². The molecule has 0 heterocycles. The lowest BCUT2D eigenvalue weighted by molar-refractivity contribution is -0.137. The molecule has 11 heteroatoms. The topological polar surface area (TPSA) is 63.7 Å². The van der Waals surface area contributed by atoms with Gasteiger partial charge in [-0.05, 0) is 48.6 Å². The van der Waals surface area contributed by atoms with Gasteiger partial charge in [0.1, 0.15) is 17.3 Å². The molecule has 0 N–H and O–H groups in total. The molecule has 4 rings (SSSR count). The molecule has 4 aromatic rings. The van der Waals surface area contributed by atoms with Crippen molar-refractivity contribution in [3.05, 3.63) is 130 Å². The fraction of sp³-hybridized carbons (Fsp3) is 0.306. The number of hydrogen-bond acceptors (Lipinski definition) is 5. The van der Waals surface area contributed by atoms with Crippen LogP contribution in [0.3, 0.4) is 0 Å². The van der Waals surface area contributed by atoms with E-state index in [-0.39, 0.29) is 58.9 Å². The Morgan fingerprint density at radius 3 is 2.11 bits per heavy atom. The van der Waals surface area contributed by atoms with Gasteiger partial charge in [0.2, 0.25) is 0 Å². The summed E-state index contributed by atoms with van der Waals surface area (Å²) < 4.78 is 86.7. The minimum atomic E-state index is -4.61. The van der Waals surface area contributed by atoms with Crippen LogP contribution in [0, 0.1) is 5.82 Å². The molecule has 0 bridgehead atoms. The first-order valence-electron chi connectivity index (χ1n) is 15.1. The average Bonchev–Trinajstić information content (AvgIpc) is 3.01. The van der Waals surface area contributed by atoms with Gasteiger partial charge in [0.15, 0.2) is 9.84 Å². The molecule has 4 aromatic carbocycles. The Hall–Kier alpha value is -3.73. The molecule has 0 atom stereocenters. The highest BCUT2D eigenvalue weighted by Crippen LogP contribution is 2.37. The molecule has 0 saturated carbocycles.